The van der Waals surface area contributed by atoms with Gasteiger partial charge in [0, 0.05) is 31.3 Å². The fourth-order valence-corrected chi connectivity index (χ4v) is 1.32. The van der Waals surface area contributed by atoms with E-state index in [2.05, 4.69) is 10.6 Å². The maximum absolute atomic E-state index is 11.7. The first-order valence-corrected chi connectivity index (χ1v) is 5.84. The van der Waals surface area contributed by atoms with E-state index in [0.717, 1.165) is 0 Å². The molecule has 0 aliphatic rings. The zero-order valence-corrected chi connectivity index (χ0v) is 10.7. The molecule has 0 saturated carbocycles. The molecule has 0 fully saturated rings. The highest BCUT2D eigenvalue weighted by atomic mass is 16.5. The zero-order chi connectivity index (χ0) is 13.4. The number of methoxy groups -OCH3 is 1. The Balaban J connectivity index is 2.54. The fraction of sp³-hybridized carbons (Fsp3) is 0.385. The molecule has 5 nitrogen and oxygen atoms in total. The van der Waals surface area contributed by atoms with Crippen LogP contribution in [0, 0.1) is 0 Å². The van der Waals surface area contributed by atoms with Crippen molar-refractivity contribution < 1.29 is 14.3 Å². The van der Waals surface area contributed by atoms with Crippen LogP contribution in [0.3, 0.4) is 0 Å². The van der Waals surface area contributed by atoms with Crippen molar-refractivity contribution in [3.63, 3.8) is 0 Å². The summed E-state index contributed by atoms with van der Waals surface area (Å²) in [5.41, 5.74) is 1.25. The second-order valence-electron chi connectivity index (χ2n) is 3.73. The van der Waals surface area contributed by atoms with Crippen LogP contribution in [0.5, 0.6) is 0 Å². The van der Waals surface area contributed by atoms with E-state index in [9.17, 15) is 9.59 Å². The number of hydrogen-bond donors (Lipinski definition) is 2. The molecule has 1 aromatic carbocycles. The molecule has 0 saturated heterocycles. The van der Waals surface area contributed by atoms with Gasteiger partial charge in [-0.05, 0) is 24.3 Å². The highest BCUT2D eigenvalue weighted by Gasteiger charge is 2.05. The quantitative estimate of drug-likeness (QED) is 0.750. The normalized spacial score (nSPS) is 9.89. The lowest BCUT2D eigenvalue weighted by Crippen LogP contribution is -2.26. The molecule has 0 unspecified atom stereocenters. The van der Waals surface area contributed by atoms with Gasteiger partial charge in [0.05, 0.1) is 6.61 Å². The third kappa shape index (κ3) is 4.55. The van der Waals surface area contributed by atoms with Crippen molar-refractivity contribution in [1.29, 1.82) is 0 Å². The molecule has 0 heterocycles. The van der Waals surface area contributed by atoms with Crippen molar-refractivity contribution in [1.82, 2.24) is 5.32 Å². The van der Waals surface area contributed by atoms with Crippen molar-refractivity contribution >= 4 is 17.5 Å². The van der Waals surface area contributed by atoms with Crippen molar-refractivity contribution in [3.05, 3.63) is 29.8 Å². The van der Waals surface area contributed by atoms with Crippen LogP contribution in [0.15, 0.2) is 24.3 Å². The molecule has 0 atom stereocenters. The maximum atomic E-state index is 11.7. The van der Waals surface area contributed by atoms with Crippen LogP contribution in [0.2, 0.25) is 0 Å². The number of hydrogen-bond acceptors (Lipinski definition) is 3. The molecule has 18 heavy (non-hydrogen) atoms. The zero-order valence-electron chi connectivity index (χ0n) is 10.7. The first-order chi connectivity index (χ1) is 8.67. The second kappa shape index (κ2) is 7.45. The van der Waals surface area contributed by atoms with Gasteiger partial charge in [0.2, 0.25) is 5.91 Å². The van der Waals surface area contributed by atoms with E-state index in [4.69, 9.17) is 4.74 Å². The van der Waals surface area contributed by atoms with E-state index in [1.54, 1.807) is 38.3 Å². The number of carbonyl (C=O) groups excluding carboxylic acids is 2. The number of anilines is 1. The predicted octanol–water partition coefficient (Wildman–Crippen LogP) is 1.41. The standard InChI is InChI=1S/C13H18N2O3/c1-3-12(16)15-11-6-4-10(5-7-11)13(17)14-8-9-18-2/h4-7H,3,8-9H2,1-2H3,(H,14,17)(H,15,16). The van der Waals surface area contributed by atoms with Gasteiger partial charge >= 0.3 is 0 Å². The van der Waals surface area contributed by atoms with Gasteiger partial charge in [-0.1, -0.05) is 6.92 Å². The Labute approximate surface area is 107 Å². The van der Waals surface area contributed by atoms with Gasteiger partial charge < -0.3 is 15.4 Å². The summed E-state index contributed by atoms with van der Waals surface area (Å²) < 4.78 is 4.84. The third-order valence-corrected chi connectivity index (χ3v) is 2.34. The van der Waals surface area contributed by atoms with Crippen molar-refractivity contribution in [2.24, 2.45) is 0 Å². The number of amides is 2. The Kier molecular flexibility index (Phi) is 5.87. The Morgan fingerprint density at radius 1 is 1.22 bits per heavy atom. The minimum absolute atomic E-state index is 0.0488. The van der Waals surface area contributed by atoms with Gasteiger partial charge in [0.15, 0.2) is 0 Å². The average Bonchev–Trinajstić information content (AvgIpc) is 2.39. The molecule has 0 spiro atoms. The molecule has 1 rings (SSSR count). The predicted molar refractivity (Wildman–Crippen MR) is 69.6 cm³/mol. The molecule has 1 aromatic rings. The summed E-state index contributed by atoms with van der Waals surface area (Å²) in [4.78, 5) is 22.8. The van der Waals surface area contributed by atoms with Gasteiger partial charge in [0.1, 0.15) is 0 Å². The topological polar surface area (TPSA) is 67.4 Å². The molecular weight excluding hydrogens is 232 g/mol. The van der Waals surface area contributed by atoms with Crippen molar-refractivity contribution in [2.45, 2.75) is 13.3 Å². The molecule has 0 radical (unpaired) electrons. The van der Waals surface area contributed by atoms with Crippen molar-refractivity contribution in [3.8, 4) is 0 Å². The van der Waals surface area contributed by atoms with Crippen LogP contribution in [0.1, 0.15) is 23.7 Å². The van der Waals surface area contributed by atoms with Gasteiger partial charge in [0.25, 0.3) is 5.91 Å². The van der Waals surface area contributed by atoms with E-state index in [0.29, 0.717) is 30.8 Å². The largest absolute Gasteiger partial charge is 0.383 e. The molecule has 0 aromatic heterocycles. The molecular formula is C13H18N2O3. The van der Waals surface area contributed by atoms with Crippen LogP contribution < -0.4 is 10.6 Å². The molecule has 98 valence electrons. The maximum Gasteiger partial charge on any atom is 0.251 e. The van der Waals surface area contributed by atoms with Crippen LogP contribution in [-0.4, -0.2) is 32.1 Å². The lowest BCUT2D eigenvalue weighted by molar-refractivity contribution is -0.115. The Morgan fingerprint density at radius 2 is 1.89 bits per heavy atom. The minimum atomic E-state index is -0.152. The summed E-state index contributed by atoms with van der Waals surface area (Å²) in [6.45, 7) is 2.74. The van der Waals surface area contributed by atoms with E-state index >= 15 is 0 Å². The number of benzene rings is 1. The first-order valence-electron chi connectivity index (χ1n) is 5.84. The molecule has 2 amide bonds. The monoisotopic (exact) mass is 250 g/mol. The minimum Gasteiger partial charge on any atom is -0.383 e. The smallest absolute Gasteiger partial charge is 0.251 e. The molecule has 2 N–H and O–H groups in total. The molecule has 0 aliphatic carbocycles. The second-order valence-corrected chi connectivity index (χ2v) is 3.73. The third-order valence-electron chi connectivity index (χ3n) is 2.34. The summed E-state index contributed by atoms with van der Waals surface area (Å²) in [6.07, 6.45) is 0.430. The fourth-order valence-electron chi connectivity index (χ4n) is 1.32. The Bertz CT molecular complexity index is 401. The van der Waals surface area contributed by atoms with E-state index in [1.807, 2.05) is 0 Å². The molecule has 0 aliphatic heterocycles. The number of rotatable bonds is 6. The van der Waals surface area contributed by atoms with Gasteiger partial charge in [-0.15, -0.1) is 0 Å². The lowest BCUT2D eigenvalue weighted by Gasteiger charge is -2.06. The van der Waals surface area contributed by atoms with Crippen LogP contribution >= 0.6 is 0 Å². The highest BCUT2D eigenvalue weighted by Crippen LogP contribution is 2.09. The summed E-state index contributed by atoms with van der Waals surface area (Å²) in [7, 11) is 1.58. The van der Waals surface area contributed by atoms with Crippen LogP contribution in [-0.2, 0) is 9.53 Å². The van der Waals surface area contributed by atoms with E-state index < -0.39 is 0 Å². The van der Waals surface area contributed by atoms with Gasteiger partial charge in [-0.2, -0.15) is 0 Å². The van der Waals surface area contributed by atoms with Crippen LogP contribution in [0.25, 0.3) is 0 Å². The number of ether oxygens (including phenoxy) is 1. The lowest BCUT2D eigenvalue weighted by atomic mass is 10.2. The SMILES string of the molecule is CCC(=O)Nc1ccc(C(=O)NCCOC)cc1. The van der Waals surface area contributed by atoms with Gasteiger partial charge in [-0.25, -0.2) is 0 Å². The number of nitrogens with one attached hydrogen (secondary N) is 2. The highest BCUT2D eigenvalue weighted by molar-refractivity contribution is 5.95. The van der Waals surface area contributed by atoms with Crippen molar-refractivity contribution in [2.75, 3.05) is 25.6 Å². The summed E-state index contributed by atoms with van der Waals surface area (Å²) >= 11 is 0. The van der Waals surface area contributed by atoms with E-state index in [1.165, 1.54) is 0 Å². The number of carbonyl (C=O) groups is 2. The molecule has 0 bridgehead atoms. The molecule has 5 heteroatoms. The first kappa shape index (κ1) is 14.2. The summed E-state index contributed by atoms with van der Waals surface area (Å²) in [5.74, 6) is -0.201. The van der Waals surface area contributed by atoms with Gasteiger partial charge in [-0.3, -0.25) is 9.59 Å². The Hall–Kier alpha value is -1.88. The Morgan fingerprint density at radius 3 is 2.44 bits per heavy atom. The summed E-state index contributed by atoms with van der Waals surface area (Å²) in [5, 5.41) is 5.44. The van der Waals surface area contributed by atoms with E-state index in [-0.39, 0.29) is 11.8 Å². The average molecular weight is 250 g/mol. The summed E-state index contributed by atoms with van der Waals surface area (Å²) in [6, 6.07) is 6.76. The van der Waals surface area contributed by atoms with Crippen LogP contribution in [0.4, 0.5) is 5.69 Å².